The Labute approximate surface area is 102 Å². The van der Waals surface area contributed by atoms with Gasteiger partial charge < -0.3 is 15.0 Å². The molecule has 2 atom stereocenters. The van der Waals surface area contributed by atoms with Crippen molar-refractivity contribution in [3.8, 4) is 0 Å². The minimum atomic E-state index is -0.413. The van der Waals surface area contributed by atoms with Gasteiger partial charge in [0, 0.05) is 6.61 Å². The SMILES string of the molecule is CCOCC(C(C)C)N1C(=O)CNC(=O)C1C. The Bertz CT molecular complexity index is 291. The van der Waals surface area contributed by atoms with E-state index in [1.165, 1.54) is 0 Å². The Morgan fingerprint density at radius 1 is 1.47 bits per heavy atom. The number of carbonyl (C=O) groups excluding carboxylic acids is 2. The fourth-order valence-electron chi connectivity index (χ4n) is 2.05. The van der Waals surface area contributed by atoms with Gasteiger partial charge in [0.25, 0.3) is 0 Å². The average Bonchev–Trinajstić information content (AvgIpc) is 2.28. The highest BCUT2D eigenvalue weighted by molar-refractivity contribution is 5.94. The molecule has 98 valence electrons. The Morgan fingerprint density at radius 2 is 2.12 bits per heavy atom. The smallest absolute Gasteiger partial charge is 0.242 e. The Balaban J connectivity index is 2.82. The van der Waals surface area contributed by atoms with Crippen LogP contribution in [0.2, 0.25) is 0 Å². The molecule has 0 spiro atoms. The lowest BCUT2D eigenvalue weighted by molar-refractivity contribution is -0.150. The third kappa shape index (κ3) is 3.19. The van der Waals surface area contributed by atoms with Gasteiger partial charge in [0.1, 0.15) is 6.04 Å². The zero-order chi connectivity index (χ0) is 13.0. The van der Waals surface area contributed by atoms with Crippen LogP contribution in [-0.4, -0.2) is 48.6 Å². The molecule has 1 heterocycles. The first-order valence-corrected chi connectivity index (χ1v) is 6.15. The van der Waals surface area contributed by atoms with Gasteiger partial charge in [-0.15, -0.1) is 0 Å². The molecule has 1 aliphatic rings. The van der Waals surface area contributed by atoms with E-state index in [9.17, 15) is 9.59 Å². The molecule has 0 aromatic heterocycles. The largest absolute Gasteiger partial charge is 0.380 e. The average molecular weight is 242 g/mol. The zero-order valence-electron chi connectivity index (χ0n) is 11.0. The molecule has 5 nitrogen and oxygen atoms in total. The number of carbonyl (C=O) groups is 2. The van der Waals surface area contributed by atoms with Crippen LogP contribution >= 0.6 is 0 Å². The number of hydrogen-bond donors (Lipinski definition) is 1. The maximum atomic E-state index is 11.9. The maximum Gasteiger partial charge on any atom is 0.242 e. The lowest BCUT2D eigenvalue weighted by atomic mass is 10.00. The highest BCUT2D eigenvalue weighted by Gasteiger charge is 2.37. The summed E-state index contributed by atoms with van der Waals surface area (Å²) < 4.78 is 5.42. The van der Waals surface area contributed by atoms with E-state index < -0.39 is 6.04 Å². The summed E-state index contributed by atoms with van der Waals surface area (Å²) in [5, 5.41) is 2.59. The van der Waals surface area contributed by atoms with E-state index in [4.69, 9.17) is 4.74 Å². The molecule has 1 N–H and O–H groups in total. The second-order valence-electron chi connectivity index (χ2n) is 4.67. The summed E-state index contributed by atoms with van der Waals surface area (Å²) in [7, 11) is 0. The standard InChI is InChI=1S/C12H22N2O3/c1-5-17-7-10(8(2)3)14-9(4)12(16)13-6-11(14)15/h8-10H,5-7H2,1-4H3,(H,13,16). The Kier molecular flexibility index (Phi) is 4.93. The highest BCUT2D eigenvalue weighted by atomic mass is 16.5. The molecule has 1 rings (SSSR count). The normalized spacial score (nSPS) is 22.9. The van der Waals surface area contributed by atoms with Crippen LogP contribution in [0.25, 0.3) is 0 Å². The van der Waals surface area contributed by atoms with E-state index in [-0.39, 0.29) is 30.3 Å². The molecule has 1 fully saturated rings. The van der Waals surface area contributed by atoms with E-state index in [1.54, 1.807) is 11.8 Å². The molecule has 0 radical (unpaired) electrons. The minimum absolute atomic E-state index is 0.0319. The summed E-state index contributed by atoms with van der Waals surface area (Å²) in [6.45, 7) is 8.95. The number of nitrogens with zero attached hydrogens (tertiary/aromatic N) is 1. The third-order valence-electron chi connectivity index (χ3n) is 3.12. The van der Waals surface area contributed by atoms with Crippen LogP contribution in [0.5, 0.6) is 0 Å². The van der Waals surface area contributed by atoms with E-state index in [0.29, 0.717) is 13.2 Å². The number of rotatable bonds is 5. The van der Waals surface area contributed by atoms with Crippen molar-refractivity contribution in [3.05, 3.63) is 0 Å². The summed E-state index contributed by atoms with van der Waals surface area (Å²) >= 11 is 0. The molecule has 2 unspecified atom stereocenters. The quantitative estimate of drug-likeness (QED) is 0.759. The van der Waals surface area contributed by atoms with Crippen LogP contribution in [0.3, 0.4) is 0 Å². The molecule has 0 saturated carbocycles. The molecular formula is C12H22N2O3. The van der Waals surface area contributed by atoms with E-state index in [1.807, 2.05) is 20.8 Å². The molecule has 0 aliphatic carbocycles. The summed E-state index contributed by atoms with van der Waals surface area (Å²) in [5.74, 6) is 0.140. The monoisotopic (exact) mass is 242 g/mol. The van der Waals surface area contributed by atoms with Crippen LogP contribution < -0.4 is 5.32 Å². The van der Waals surface area contributed by atoms with Crippen molar-refractivity contribution >= 4 is 11.8 Å². The van der Waals surface area contributed by atoms with Crippen LogP contribution in [0.4, 0.5) is 0 Å². The van der Waals surface area contributed by atoms with Crippen molar-refractivity contribution in [1.29, 1.82) is 0 Å². The van der Waals surface area contributed by atoms with Crippen molar-refractivity contribution in [3.63, 3.8) is 0 Å². The van der Waals surface area contributed by atoms with Crippen LogP contribution in [0.1, 0.15) is 27.7 Å². The highest BCUT2D eigenvalue weighted by Crippen LogP contribution is 2.17. The molecule has 0 aromatic carbocycles. The second-order valence-corrected chi connectivity index (χ2v) is 4.67. The topological polar surface area (TPSA) is 58.6 Å². The van der Waals surface area contributed by atoms with Crippen LogP contribution in [-0.2, 0) is 14.3 Å². The fourth-order valence-corrected chi connectivity index (χ4v) is 2.05. The zero-order valence-corrected chi connectivity index (χ0v) is 11.0. The molecule has 0 aromatic rings. The number of amides is 2. The first-order valence-electron chi connectivity index (χ1n) is 6.15. The van der Waals surface area contributed by atoms with Crippen molar-refractivity contribution in [1.82, 2.24) is 10.2 Å². The molecule has 17 heavy (non-hydrogen) atoms. The first-order chi connectivity index (χ1) is 7.99. The van der Waals surface area contributed by atoms with Crippen molar-refractivity contribution in [2.24, 2.45) is 5.92 Å². The molecule has 2 amide bonds. The summed E-state index contributed by atoms with van der Waals surface area (Å²) in [4.78, 5) is 25.2. The van der Waals surface area contributed by atoms with Crippen LogP contribution in [0, 0.1) is 5.92 Å². The van der Waals surface area contributed by atoms with E-state index >= 15 is 0 Å². The Hall–Kier alpha value is -1.10. The van der Waals surface area contributed by atoms with Gasteiger partial charge in [-0.25, -0.2) is 0 Å². The van der Waals surface area contributed by atoms with Gasteiger partial charge in [0.05, 0.1) is 19.2 Å². The second kappa shape index (κ2) is 6.00. The van der Waals surface area contributed by atoms with Crippen molar-refractivity contribution in [2.45, 2.75) is 39.8 Å². The van der Waals surface area contributed by atoms with Crippen LogP contribution in [0.15, 0.2) is 0 Å². The number of nitrogens with one attached hydrogen (secondary N) is 1. The summed E-state index contributed by atoms with van der Waals surface area (Å²) in [6.07, 6.45) is 0. The maximum absolute atomic E-state index is 11.9. The molecule has 1 saturated heterocycles. The number of piperazine rings is 1. The van der Waals surface area contributed by atoms with Gasteiger partial charge in [-0.3, -0.25) is 9.59 Å². The van der Waals surface area contributed by atoms with Crippen molar-refractivity contribution in [2.75, 3.05) is 19.8 Å². The molecule has 5 heteroatoms. The van der Waals surface area contributed by atoms with Gasteiger partial charge in [0.15, 0.2) is 0 Å². The van der Waals surface area contributed by atoms with Gasteiger partial charge in [-0.05, 0) is 19.8 Å². The Morgan fingerprint density at radius 3 is 2.65 bits per heavy atom. The van der Waals surface area contributed by atoms with Crippen molar-refractivity contribution < 1.29 is 14.3 Å². The number of hydrogen-bond acceptors (Lipinski definition) is 3. The molecule has 0 bridgehead atoms. The van der Waals surface area contributed by atoms with Gasteiger partial charge in [-0.2, -0.15) is 0 Å². The minimum Gasteiger partial charge on any atom is -0.380 e. The van der Waals surface area contributed by atoms with Gasteiger partial charge in [0.2, 0.25) is 11.8 Å². The fraction of sp³-hybridized carbons (Fsp3) is 0.833. The van der Waals surface area contributed by atoms with Gasteiger partial charge in [-0.1, -0.05) is 13.8 Å². The summed E-state index contributed by atoms with van der Waals surface area (Å²) in [5.41, 5.74) is 0. The number of ether oxygens (including phenoxy) is 1. The van der Waals surface area contributed by atoms with E-state index in [0.717, 1.165) is 0 Å². The van der Waals surface area contributed by atoms with E-state index in [2.05, 4.69) is 5.32 Å². The molecule has 1 aliphatic heterocycles. The predicted octanol–water partition coefficient (Wildman–Crippen LogP) is 0.394. The predicted molar refractivity (Wildman–Crippen MR) is 64.4 cm³/mol. The molecular weight excluding hydrogens is 220 g/mol. The third-order valence-corrected chi connectivity index (χ3v) is 3.12. The lowest BCUT2D eigenvalue weighted by Gasteiger charge is -2.40. The first kappa shape index (κ1) is 14.0. The van der Waals surface area contributed by atoms with Gasteiger partial charge >= 0.3 is 0 Å². The lowest BCUT2D eigenvalue weighted by Crippen LogP contribution is -2.62. The summed E-state index contributed by atoms with van der Waals surface area (Å²) in [6, 6.07) is -0.451.